The lowest BCUT2D eigenvalue weighted by Gasteiger charge is -2.33. The van der Waals surface area contributed by atoms with Crippen LogP contribution >= 0.6 is 11.6 Å². The van der Waals surface area contributed by atoms with E-state index in [4.69, 9.17) is 20.8 Å². The molecule has 0 bridgehead atoms. The van der Waals surface area contributed by atoms with E-state index in [0.717, 1.165) is 5.39 Å². The van der Waals surface area contributed by atoms with Crippen molar-refractivity contribution >= 4 is 38.5 Å². The van der Waals surface area contributed by atoms with Crippen LogP contribution in [0, 0.1) is 0 Å². The first-order valence-corrected chi connectivity index (χ1v) is 10.8. The summed E-state index contributed by atoms with van der Waals surface area (Å²) in [5.74, 6) is 0.541. The largest absolute Gasteiger partial charge is 0.497 e. The van der Waals surface area contributed by atoms with Crippen LogP contribution < -0.4 is 4.74 Å². The number of furan rings is 1. The molecule has 0 saturated carbocycles. The molecule has 1 fully saturated rings. The average Bonchev–Trinajstić information content (AvgIpc) is 3.16. The minimum Gasteiger partial charge on any atom is -0.497 e. The molecule has 1 aromatic heterocycles. The SMILES string of the molecule is COc1ccc(S(=O)(=O)N2CCN(C(=O)c3cc4cc(Cl)ccc4o3)CC2)cc1. The Morgan fingerprint density at radius 3 is 2.38 bits per heavy atom. The molecule has 2 aromatic carbocycles. The van der Waals surface area contributed by atoms with Gasteiger partial charge in [-0.2, -0.15) is 4.31 Å². The molecule has 0 atom stereocenters. The number of hydrogen-bond acceptors (Lipinski definition) is 5. The molecule has 7 nitrogen and oxygen atoms in total. The molecule has 1 aliphatic rings. The number of rotatable bonds is 4. The molecule has 0 radical (unpaired) electrons. The molecule has 1 saturated heterocycles. The van der Waals surface area contributed by atoms with Gasteiger partial charge in [0, 0.05) is 36.6 Å². The Morgan fingerprint density at radius 1 is 1.03 bits per heavy atom. The third kappa shape index (κ3) is 3.83. The minimum atomic E-state index is -3.62. The van der Waals surface area contributed by atoms with Crippen molar-refractivity contribution in [3.8, 4) is 5.75 Å². The van der Waals surface area contributed by atoms with E-state index < -0.39 is 10.0 Å². The zero-order valence-corrected chi connectivity index (χ0v) is 17.2. The van der Waals surface area contributed by atoms with E-state index in [1.165, 1.54) is 23.5 Å². The molecule has 1 amide bonds. The third-order valence-electron chi connectivity index (χ3n) is 4.91. The Morgan fingerprint density at radius 2 is 1.72 bits per heavy atom. The Kier molecular flexibility index (Phi) is 5.24. The first-order chi connectivity index (χ1) is 13.9. The van der Waals surface area contributed by atoms with E-state index in [1.807, 2.05) is 0 Å². The summed E-state index contributed by atoms with van der Waals surface area (Å²) < 4.78 is 37.8. The Balaban J connectivity index is 1.45. The topological polar surface area (TPSA) is 80.1 Å². The molecule has 0 spiro atoms. The fourth-order valence-corrected chi connectivity index (χ4v) is 4.91. The van der Waals surface area contributed by atoms with Gasteiger partial charge >= 0.3 is 0 Å². The van der Waals surface area contributed by atoms with Gasteiger partial charge in [-0.05, 0) is 48.5 Å². The number of methoxy groups -OCH3 is 1. The highest BCUT2D eigenvalue weighted by atomic mass is 35.5. The summed E-state index contributed by atoms with van der Waals surface area (Å²) in [4.78, 5) is 14.6. The van der Waals surface area contributed by atoms with Gasteiger partial charge in [-0.15, -0.1) is 0 Å². The minimum absolute atomic E-state index is 0.201. The zero-order valence-electron chi connectivity index (χ0n) is 15.7. The first kappa shape index (κ1) is 19.8. The van der Waals surface area contributed by atoms with Gasteiger partial charge in [0.15, 0.2) is 5.76 Å². The highest BCUT2D eigenvalue weighted by molar-refractivity contribution is 7.89. The number of piperazine rings is 1. The lowest BCUT2D eigenvalue weighted by atomic mass is 10.2. The Bertz CT molecular complexity index is 1150. The molecule has 1 aliphatic heterocycles. The van der Waals surface area contributed by atoms with Gasteiger partial charge in [-0.1, -0.05) is 11.6 Å². The lowest BCUT2D eigenvalue weighted by Crippen LogP contribution is -2.50. The summed E-state index contributed by atoms with van der Waals surface area (Å²) in [6.07, 6.45) is 0. The quantitative estimate of drug-likeness (QED) is 0.629. The maximum absolute atomic E-state index is 12.8. The van der Waals surface area contributed by atoms with Gasteiger partial charge in [0.05, 0.1) is 12.0 Å². The monoisotopic (exact) mass is 434 g/mol. The van der Waals surface area contributed by atoms with Crippen LogP contribution in [0.15, 0.2) is 57.8 Å². The van der Waals surface area contributed by atoms with Crippen molar-refractivity contribution in [3.05, 3.63) is 59.3 Å². The number of benzene rings is 2. The number of ether oxygens (including phenoxy) is 1. The van der Waals surface area contributed by atoms with Crippen LogP contribution in [-0.2, 0) is 10.0 Å². The molecular weight excluding hydrogens is 416 g/mol. The fraction of sp³-hybridized carbons (Fsp3) is 0.250. The van der Waals surface area contributed by atoms with Gasteiger partial charge in [0.25, 0.3) is 5.91 Å². The number of nitrogens with zero attached hydrogens (tertiary/aromatic N) is 2. The van der Waals surface area contributed by atoms with Gasteiger partial charge in [0.1, 0.15) is 11.3 Å². The van der Waals surface area contributed by atoms with Crippen LogP contribution in [0.25, 0.3) is 11.0 Å². The molecular formula is C20H19ClN2O5S. The molecule has 2 heterocycles. The maximum atomic E-state index is 12.8. The number of carbonyl (C=O) groups excluding carboxylic acids is 1. The van der Waals surface area contributed by atoms with E-state index in [9.17, 15) is 13.2 Å². The molecule has 152 valence electrons. The Hall–Kier alpha value is -2.55. The first-order valence-electron chi connectivity index (χ1n) is 9.01. The van der Waals surface area contributed by atoms with Gasteiger partial charge in [0.2, 0.25) is 10.0 Å². The van der Waals surface area contributed by atoms with Gasteiger partial charge < -0.3 is 14.1 Å². The summed E-state index contributed by atoms with van der Waals surface area (Å²) in [6.45, 7) is 0.996. The van der Waals surface area contributed by atoms with Crippen LogP contribution in [-0.4, -0.2) is 56.8 Å². The predicted octanol–water partition coefficient (Wildman–Crippen LogP) is 3.24. The Labute approximate surface area is 173 Å². The van der Waals surface area contributed by atoms with Crippen molar-refractivity contribution in [1.82, 2.24) is 9.21 Å². The van der Waals surface area contributed by atoms with Crippen LogP contribution in [0.1, 0.15) is 10.6 Å². The van der Waals surface area contributed by atoms with Crippen LogP contribution in [0.5, 0.6) is 5.75 Å². The molecule has 29 heavy (non-hydrogen) atoms. The van der Waals surface area contributed by atoms with Gasteiger partial charge in [-0.25, -0.2) is 8.42 Å². The molecule has 0 N–H and O–H groups in total. The molecule has 4 rings (SSSR count). The standard InChI is InChI=1S/C20H19ClN2O5S/c1-27-16-3-5-17(6-4-16)29(25,26)23-10-8-22(9-11-23)20(24)19-13-14-12-15(21)2-7-18(14)28-19/h2-7,12-13H,8-11H2,1H3. The van der Waals surface area contributed by atoms with Crippen molar-refractivity contribution in [2.24, 2.45) is 0 Å². The lowest BCUT2D eigenvalue weighted by molar-refractivity contribution is 0.0668. The smallest absolute Gasteiger partial charge is 0.289 e. The number of carbonyl (C=O) groups is 1. The second-order valence-electron chi connectivity index (χ2n) is 6.66. The van der Waals surface area contributed by atoms with Gasteiger partial charge in [-0.3, -0.25) is 4.79 Å². The molecule has 9 heteroatoms. The second-order valence-corrected chi connectivity index (χ2v) is 9.04. The van der Waals surface area contributed by atoms with E-state index in [1.54, 1.807) is 41.3 Å². The summed E-state index contributed by atoms with van der Waals surface area (Å²) in [5, 5.41) is 1.32. The zero-order chi connectivity index (χ0) is 20.6. The summed E-state index contributed by atoms with van der Waals surface area (Å²) >= 11 is 5.98. The van der Waals surface area contributed by atoms with E-state index in [2.05, 4.69) is 0 Å². The van der Waals surface area contributed by atoms with Crippen molar-refractivity contribution < 1.29 is 22.4 Å². The molecule has 0 aliphatic carbocycles. The summed E-state index contributed by atoms with van der Waals surface area (Å²) in [7, 11) is -2.10. The highest BCUT2D eigenvalue weighted by Gasteiger charge is 2.31. The second kappa shape index (κ2) is 7.70. The van der Waals surface area contributed by atoms with E-state index in [-0.39, 0.29) is 42.7 Å². The third-order valence-corrected chi connectivity index (χ3v) is 7.06. The average molecular weight is 435 g/mol. The van der Waals surface area contributed by atoms with Crippen molar-refractivity contribution in [3.63, 3.8) is 0 Å². The number of fused-ring (bicyclic) bond motifs is 1. The van der Waals surface area contributed by atoms with Crippen molar-refractivity contribution in [2.75, 3.05) is 33.3 Å². The number of sulfonamides is 1. The number of halogens is 1. The van der Waals surface area contributed by atoms with Crippen molar-refractivity contribution in [2.45, 2.75) is 4.90 Å². The van der Waals surface area contributed by atoms with Crippen LogP contribution in [0.2, 0.25) is 5.02 Å². The van der Waals surface area contributed by atoms with Crippen LogP contribution in [0.4, 0.5) is 0 Å². The number of amides is 1. The van der Waals surface area contributed by atoms with Crippen LogP contribution in [0.3, 0.4) is 0 Å². The summed E-state index contributed by atoms with van der Waals surface area (Å²) in [5.41, 5.74) is 0.582. The maximum Gasteiger partial charge on any atom is 0.289 e. The van der Waals surface area contributed by atoms with E-state index in [0.29, 0.717) is 16.4 Å². The highest BCUT2D eigenvalue weighted by Crippen LogP contribution is 2.25. The fourth-order valence-electron chi connectivity index (χ4n) is 3.30. The molecule has 3 aromatic rings. The van der Waals surface area contributed by atoms with Crippen molar-refractivity contribution in [1.29, 1.82) is 0 Å². The summed E-state index contributed by atoms with van der Waals surface area (Å²) in [6, 6.07) is 13.1. The normalized spacial score (nSPS) is 15.6. The molecule has 0 unspecified atom stereocenters. The van der Waals surface area contributed by atoms with E-state index >= 15 is 0 Å². The predicted molar refractivity (Wildman–Crippen MR) is 109 cm³/mol. The number of hydrogen-bond donors (Lipinski definition) is 0.